The van der Waals surface area contributed by atoms with Crippen LogP contribution in [0, 0.1) is 0 Å². The third-order valence-corrected chi connectivity index (χ3v) is 2.75. The number of aliphatic hydroxyl groups is 1. The van der Waals surface area contributed by atoms with Crippen molar-refractivity contribution in [3.05, 3.63) is 17.5 Å². The molecular weight excluding hydrogens is 178 g/mol. The molecule has 0 aromatic carbocycles. The molecule has 1 aromatic heterocycles. The number of aryl methyl sites for hydroxylation is 1. The van der Waals surface area contributed by atoms with Crippen molar-refractivity contribution in [1.29, 1.82) is 0 Å². The van der Waals surface area contributed by atoms with Crippen molar-refractivity contribution in [1.82, 2.24) is 9.78 Å². The van der Waals surface area contributed by atoms with Gasteiger partial charge in [-0.15, -0.1) is 0 Å². The molecule has 0 amide bonds. The number of hydrogen-bond acceptors (Lipinski definition) is 3. The van der Waals surface area contributed by atoms with Crippen molar-refractivity contribution in [3.8, 4) is 0 Å². The van der Waals surface area contributed by atoms with Crippen LogP contribution < -0.4 is 5.73 Å². The first kappa shape index (κ1) is 9.68. The molecule has 1 saturated carbocycles. The second-order valence-corrected chi connectivity index (χ2v) is 4.01. The zero-order valence-electron chi connectivity index (χ0n) is 8.48. The van der Waals surface area contributed by atoms with E-state index in [-0.39, 0.29) is 12.6 Å². The molecule has 14 heavy (non-hydrogen) atoms. The average molecular weight is 195 g/mol. The van der Waals surface area contributed by atoms with Crippen LogP contribution in [0.3, 0.4) is 0 Å². The third kappa shape index (κ3) is 1.81. The third-order valence-electron chi connectivity index (χ3n) is 2.75. The van der Waals surface area contributed by atoms with Gasteiger partial charge in [0.15, 0.2) is 0 Å². The molecule has 2 rings (SSSR count). The van der Waals surface area contributed by atoms with E-state index >= 15 is 0 Å². The van der Waals surface area contributed by atoms with Gasteiger partial charge in [0.1, 0.15) is 0 Å². The summed E-state index contributed by atoms with van der Waals surface area (Å²) in [6.45, 7) is 0.122. The van der Waals surface area contributed by atoms with Crippen LogP contribution in [0.2, 0.25) is 0 Å². The number of nitrogens with two attached hydrogens (primary N) is 1. The zero-order chi connectivity index (χ0) is 10.1. The van der Waals surface area contributed by atoms with Crippen molar-refractivity contribution >= 4 is 0 Å². The molecule has 1 fully saturated rings. The van der Waals surface area contributed by atoms with Gasteiger partial charge in [-0.2, -0.15) is 5.10 Å². The summed E-state index contributed by atoms with van der Waals surface area (Å²) >= 11 is 0. The molecule has 0 bridgehead atoms. The summed E-state index contributed by atoms with van der Waals surface area (Å²) < 4.78 is 1.92. The largest absolute Gasteiger partial charge is 0.396 e. The van der Waals surface area contributed by atoms with Gasteiger partial charge in [-0.25, -0.2) is 0 Å². The summed E-state index contributed by atoms with van der Waals surface area (Å²) in [6, 6.07) is 1.96. The monoisotopic (exact) mass is 195 g/mol. The highest BCUT2D eigenvalue weighted by atomic mass is 16.3. The van der Waals surface area contributed by atoms with Crippen LogP contribution in [-0.4, -0.2) is 21.5 Å². The van der Waals surface area contributed by atoms with Gasteiger partial charge >= 0.3 is 0 Å². The Morgan fingerprint density at radius 1 is 1.71 bits per heavy atom. The number of aromatic nitrogens is 2. The lowest BCUT2D eigenvalue weighted by Crippen LogP contribution is -2.12. The lowest BCUT2D eigenvalue weighted by Gasteiger charge is -2.04. The van der Waals surface area contributed by atoms with E-state index in [4.69, 9.17) is 10.8 Å². The Kier molecular flexibility index (Phi) is 2.56. The molecule has 1 atom stereocenters. The summed E-state index contributed by atoms with van der Waals surface area (Å²) in [5.41, 5.74) is 8.06. The van der Waals surface area contributed by atoms with Crippen molar-refractivity contribution in [2.45, 2.75) is 31.2 Å². The van der Waals surface area contributed by atoms with Crippen molar-refractivity contribution in [2.75, 3.05) is 6.61 Å². The fourth-order valence-corrected chi connectivity index (χ4v) is 1.73. The topological polar surface area (TPSA) is 64.1 Å². The number of hydrogen-bond donors (Lipinski definition) is 2. The van der Waals surface area contributed by atoms with Crippen molar-refractivity contribution in [3.63, 3.8) is 0 Å². The highest BCUT2D eigenvalue weighted by Crippen LogP contribution is 2.40. The maximum Gasteiger partial charge on any atom is 0.0795 e. The second-order valence-electron chi connectivity index (χ2n) is 4.01. The first-order valence-corrected chi connectivity index (χ1v) is 5.12. The zero-order valence-corrected chi connectivity index (χ0v) is 8.48. The van der Waals surface area contributed by atoms with E-state index in [1.165, 1.54) is 18.5 Å². The highest BCUT2D eigenvalue weighted by Gasteiger charge is 2.27. The van der Waals surface area contributed by atoms with Gasteiger partial charge in [-0.05, 0) is 25.3 Å². The first-order chi connectivity index (χ1) is 6.72. The second kappa shape index (κ2) is 3.71. The van der Waals surface area contributed by atoms with Gasteiger partial charge < -0.3 is 10.8 Å². The first-order valence-electron chi connectivity index (χ1n) is 5.12. The molecule has 78 valence electrons. The predicted octanol–water partition coefficient (Wildman–Crippen LogP) is 0.680. The fourth-order valence-electron chi connectivity index (χ4n) is 1.73. The van der Waals surface area contributed by atoms with E-state index < -0.39 is 0 Å². The Morgan fingerprint density at radius 3 is 3.00 bits per heavy atom. The van der Waals surface area contributed by atoms with E-state index in [1.54, 1.807) is 0 Å². The Morgan fingerprint density at radius 2 is 2.43 bits per heavy atom. The van der Waals surface area contributed by atoms with Crippen molar-refractivity contribution < 1.29 is 5.11 Å². The molecule has 1 aliphatic rings. The maximum absolute atomic E-state index is 8.78. The molecule has 0 spiro atoms. The molecule has 0 aliphatic heterocycles. The summed E-state index contributed by atoms with van der Waals surface area (Å²) in [5.74, 6) is 0.697. The average Bonchev–Trinajstić information content (AvgIpc) is 2.91. The smallest absolute Gasteiger partial charge is 0.0795 e. The van der Waals surface area contributed by atoms with Crippen LogP contribution in [0.1, 0.15) is 42.6 Å². The molecule has 0 saturated heterocycles. The van der Waals surface area contributed by atoms with Gasteiger partial charge in [-0.3, -0.25) is 4.68 Å². The molecule has 1 aromatic rings. The molecule has 3 N–H and O–H groups in total. The van der Waals surface area contributed by atoms with E-state index in [2.05, 4.69) is 11.2 Å². The Labute approximate surface area is 83.7 Å². The van der Waals surface area contributed by atoms with Crippen LogP contribution in [0.4, 0.5) is 0 Å². The molecule has 1 heterocycles. The molecule has 0 radical (unpaired) electrons. The Bertz CT molecular complexity index is 317. The lowest BCUT2D eigenvalue weighted by molar-refractivity contribution is 0.275. The molecule has 1 unspecified atom stereocenters. The standard InChI is InChI=1S/C10H17N3O/c1-13-10(7-2-3-7)6-9(12-13)8(11)4-5-14/h6-8,14H,2-5,11H2,1H3. The quantitative estimate of drug-likeness (QED) is 0.742. The van der Waals surface area contributed by atoms with Crippen LogP contribution in [-0.2, 0) is 7.05 Å². The molecular formula is C10H17N3O. The van der Waals surface area contributed by atoms with Gasteiger partial charge in [0.2, 0.25) is 0 Å². The van der Waals surface area contributed by atoms with Crippen molar-refractivity contribution in [2.24, 2.45) is 12.8 Å². The van der Waals surface area contributed by atoms with E-state index in [0.717, 1.165) is 5.69 Å². The number of rotatable bonds is 4. The molecule has 4 nitrogen and oxygen atoms in total. The lowest BCUT2D eigenvalue weighted by atomic mass is 10.1. The minimum absolute atomic E-state index is 0.122. The van der Waals surface area contributed by atoms with Gasteiger partial charge in [0.25, 0.3) is 0 Å². The highest BCUT2D eigenvalue weighted by molar-refractivity contribution is 5.20. The molecule has 1 aliphatic carbocycles. The number of nitrogens with zero attached hydrogens (tertiary/aromatic N) is 2. The summed E-state index contributed by atoms with van der Waals surface area (Å²) in [6.07, 6.45) is 3.13. The Balaban J connectivity index is 2.14. The van der Waals surface area contributed by atoms with Crippen LogP contribution >= 0.6 is 0 Å². The van der Waals surface area contributed by atoms with Gasteiger partial charge in [0, 0.05) is 25.3 Å². The summed E-state index contributed by atoms with van der Waals surface area (Å²) in [5, 5.41) is 13.2. The maximum atomic E-state index is 8.78. The minimum atomic E-state index is -0.126. The normalized spacial score (nSPS) is 18.5. The van der Waals surface area contributed by atoms with Gasteiger partial charge in [-0.1, -0.05) is 0 Å². The van der Waals surface area contributed by atoms with Gasteiger partial charge in [0.05, 0.1) is 11.7 Å². The number of aliphatic hydroxyl groups excluding tert-OH is 1. The molecule has 4 heteroatoms. The Hall–Kier alpha value is -0.870. The van der Waals surface area contributed by atoms with E-state index in [0.29, 0.717) is 12.3 Å². The predicted molar refractivity (Wildman–Crippen MR) is 53.8 cm³/mol. The van der Waals surface area contributed by atoms with Crippen LogP contribution in [0.5, 0.6) is 0 Å². The summed E-state index contributed by atoms with van der Waals surface area (Å²) in [4.78, 5) is 0. The minimum Gasteiger partial charge on any atom is -0.396 e. The van der Waals surface area contributed by atoms with E-state index in [1.807, 2.05) is 11.7 Å². The SMILES string of the molecule is Cn1nc(C(N)CCO)cc1C1CC1. The fraction of sp³-hybridized carbons (Fsp3) is 0.700. The van der Waals surface area contributed by atoms with Crippen LogP contribution in [0.15, 0.2) is 6.07 Å². The van der Waals surface area contributed by atoms with Crippen LogP contribution in [0.25, 0.3) is 0 Å². The summed E-state index contributed by atoms with van der Waals surface area (Å²) in [7, 11) is 1.96. The van der Waals surface area contributed by atoms with E-state index in [9.17, 15) is 0 Å².